The molecule has 0 saturated carbocycles. The predicted octanol–water partition coefficient (Wildman–Crippen LogP) is 3.24. The van der Waals surface area contributed by atoms with Crippen LogP contribution in [0.25, 0.3) is 0 Å². The molecular formula is C19H17Cl3N2O5S2. The number of β-lactam (4-membered cyclic amide) rings is 1. The van der Waals surface area contributed by atoms with Crippen molar-refractivity contribution in [1.29, 1.82) is 0 Å². The minimum Gasteiger partial charge on any atom is -0.456 e. The summed E-state index contributed by atoms with van der Waals surface area (Å²) >= 11 is 18.3. The number of alkyl halides is 3. The summed E-state index contributed by atoms with van der Waals surface area (Å²) in [6.45, 7) is 2.29. The molecule has 1 fully saturated rings. The molecule has 2 aliphatic rings. The molecule has 7 nitrogen and oxygen atoms in total. The molecule has 2 aliphatic heterocycles. The van der Waals surface area contributed by atoms with E-state index in [1.807, 2.05) is 30.3 Å². The van der Waals surface area contributed by atoms with Gasteiger partial charge in [0.25, 0.3) is 5.91 Å². The molecule has 2 heterocycles. The molecule has 1 aromatic rings. The van der Waals surface area contributed by atoms with Gasteiger partial charge < -0.3 is 10.1 Å². The number of nitrogens with zero attached hydrogens (tertiary/aromatic N) is 1. The van der Waals surface area contributed by atoms with Crippen molar-refractivity contribution in [2.75, 3.05) is 6.61 Å². The first-order valence-electron chi connectivity index (χ1n) is 8.89. The Balaban J connectivity index is 1.99. The van der Waals surface area contributed by atoms with Gasteiger partial charge in [-0.15, -0.1) is 0 Å². The van der Waals surface area contributed by atoms with Gasteiger partial charge >= 0.3 is 5.97 Å². The summed E-state index contributed by atoms with van der Waals surface area (Å²) in [6.07, 6.45) is 0. The number of hydrogen-bond acceptors (Lipinski definition) is 6. The van der Waals surface area contributed by atoms with Crippen LogP contribution in [0.4, 0.5) is 0 Å². The van der Waals surface area contributed by atoms with Crippen molar-refractivity contribution < 1.29 is 23.3 Å². The standard InChI is InChI=1S/C19H17Cl3N2O5S2/c1-10-13(8-30-12-6-4-3-5-7-12)31(28)17-14(23-11(2)25)16(26)24(17)15(10)18(27)29-9-19(20,21)22/h3-8,14,17H,9H2,1-2H3,(H,23,25)/t14?,17-,31?/m0/s1. The second kappa shape index (κ2) is 9.54. The third-order valence-electron chi connectivity index (χ3n) is 4.41. The second-order valence-electron chi connectivity index (χ2n) is 6.65. The topological polar surface area (TPSA) is 92.8 Å². The number of halogens is 3. The molecule has 12 heteroatoms. The molecule has 0 aliphatic carbocycles. The lowest BCUT2D eigenvalue weighted by molar-refractivity contribution is -0.152. The van der Waals surface area contributed by atoms with Gasteiger partial charge in [-0.1, -0.05) is 64.8 Å². The van der Waals surface area contributed by atoms with Crippen molar-refractivity contribution in [2.45, 2.75) is 34.0 Å². The number of carbonyl (C=O) groups is 3. The van der Waals surface area contributed by atoms with E-state index in [4.69, 9.17) is 39.5 Å². The molecule has 0 spiro atoms. The largest absolute Gasteiger partial charge is 0.456 e. The molecule has 1 N–H and O–H groups in total. The zero-order chi connectivity index (χ0) is 22.9. The molecule has 3 atom stereocenters. The minimum absolute atomic E-state index is 0.0923. The molecule has 1 saturated heterocycles. The van der Waals surface area contributed by atoms with E-state index in [1.54, 1.807) is 12.3 Å². The van der Waals surface area contributed by atoms with Crippen LogP contribution in [0.5, 0.6) is 0 Å². The normalized spacial score (nSPS) is 24.5. The van der Waals surface area contributed by atoms with Gasteiger partial charge in [0.15, 0.2) is 0 Å². The van der Waals surface area contributed by atoms with Gasteiger partial charge in [-0.2, -0.15) is 0 Å². The molecule has 3 rings (SSSR count). The fourth-order valence-corrected chi connectivity index (χ4v) is 5.99. The number of thioether (sulfide) groups is 1. The van der Waals surface area contributed by atoms with E-state index in [2.05, 4.69) is 5.32 Å². The molecule has 31 heavy (non-hydrogen) atoms. The number of amides is 2. The quantitative estimate of drug-likeness (QED) is 0.276. The second-order valence-corrected chi connectivity index (χ2v) is 11.6. The summed E-state index contributed by atoms with van der Waals surface area (Å²) in [4.78, 5) is 39.3. The predicted molar refractivity (Wildman–Crippen MR) is 121 cm³/mol. The number of benzene rings is 1. The summed E-state index contributed by atoms with van der Waals surface area (Å²) in [6, 6.07) is 8.33. The highest BCUT2D eigenvalue weighted by molar-refractivity contribution is 8.03. The number of esters is 1. The molecule has 2 unspecified atom stereocenters. The van der Waals surface area contributed by atoms with Gasteiger partial charge in [0.05, 0.1) is 15.7 Å². The average Bonchev–Trinajstić information content (AvgIpc) is 2.70. The van der Waals surface area contributed by atoms with Gasteiger partial charge in [-0.05, 0) is 30.0 Å². The first-order chi connectivity index (χ1) is 14.5. The highest BCUT2D eigenvalue weighted by atomic mass is 35.6. The highest BCUT2D eigenvalue weighted by Crippen LogP contribution is 2.41. The Labute approximate surface area is 200 Å². The van der Waals surface area contributed by atoms with E-state index in [-0.39, 0.29) is 5.70 Å². The van der Waals surface area contributed by atoms with Crippen LogP contribution in [0, 0.1) is 0 Å². The molecule has 0 aromatic heterocycles. The maximum Gasteiger partial charge on any atom is 0.355 e. The smallest absolute Gasteiger partial charge is 0.355 e. The van der Waals surface area contributed by atoms with Gasteiger partial charge in [0.2, 0.25) is 9.70 Å². The van der Waals surface area contributed by atoms with Crippen LogP contribution in [0.3, 0.4) is 0 Å². The molecule has 2 amide bonds. The third kappa shape index (κ3) is 5.28. The lowest BCUT2D eigenvalue weighted by Gasteiger charge is -2.49. The Hall–Kier alpha value is -1.52. The number of nitrogens with one attached hydrogen (secondary N) is 1. The van der Waals surface area contributed by atoms with Crippen molar-refractivity contribution in [2.24, 2.45) is 0 Å². The number of hydrogen-bond donors (Lipinski definition) is 1. The van der Waals surface area contributed by atoms with Crippen molar-refractivity contribution in [3.05, 3.63) is 51.9 Å². The highest BCUT2D eigenvalue weighted by Gasteiger charge is 2.58. The van der Waals surface area contributed by atoms with Crippen molar-refractivity contribution in [3.63, 3.8) is 0 Å². The van der Waals surface area contributed by atoms with Crippen LogP contribution < -0.4 is 5.32 Å². The summed E-state index contributed by atoms with van der Waals surface area (Å²) < 4.78 is 16.5. The zero-order valence-electron chi connectivity index (χ0n) is 16.3. The lowest BCUT2D eigenvalue weighted by Crippen LogP contribution is -2.73. The van der Waals surface area contributed by atoms with Crippen molar-refractivity contribution in [3.8, 4) is 0 Å². The van der Waals surface area contributed by atoms with Crippen LogP contribution in [0.1, 0.15) is 13.8 Å². The SMILES string of the molecule is CC(=O)NC1C(=O)N2C(C(=O)OCC(Cl)(Cl)Cl)=C(C)C(=CSc3ccccc3)S(=O)[C@@H]12. The molecule has 0 bridgehead atoms. The first kappa shape index (κ1) is 24.1. The van der Waals surface area contributed by atoms with Crippen molar-refractivity contribution >= 4 is 75.1 Å². The van der Waals surface area contributed by atoms with Crippen molar-refractivity contribution in [1.82, 2.24) is 10.2 Å². The number of fused-ring (bicyclic) bond motifs is 1. The number of ether oxygens (including phenoxy) is 1. The minimum atomic E-state index is -1.83. The number of rotatable bonds is 5. The average molecular weight is 524 g/mol. The van der Waals surface area contributed by atoms with Crippen LogP contribution in [0.2, 0.25) is 0 Å². The van der Waals surface area contributed by atoms with E-state index in [1.165, 1.54) is 18.7 Å². The number of carbonyl (C=O) groups excluding carboxylic acids is 3. The summed E-state index contributed by atoms with van der Waals surface area (Å²) in [5, 5.41) is 3.20. The monoisotopic (exact) mass is 522 g/mol. The Bertz CT molecular complexity index is 1010. The maximum absolute atomic E-state index is 13.3. The molecule has 166 valence electrons. The maximum atomic E-state index is 13.3. The van der Waals surface area contributed by atoms with Gasteiger partial charge in [-0.25, -0.2) is 4.79 Å². The van der Waals surface area contributed by atoms with Crippen LogP contribution in [0.15, 0.2) is 56.8 Å². The van der Waals surface area contributed by atoms with E-state index in [9.17, 15) is 18.6 Å². The Morgan fingerprint density at radius 1 is 1.29 bits per heavy atom. The van der Waals surface area contributed by atoms with Crippen LogP contribution >= 0.6 is 46.6 Å². The summed E-state index contributed by atoms with van der Waals surface area (Å²) in [5.41, 5.74) is 0.215. The molecule has 0 radical (unpaired) electrons. The van der Waals surface area contributed by atoms with E-state index in [0.717, 1.165) is 9.80 Å². The van der Waals surface area contributed by atoms with Gasteiger partial charge in [0, 0.05) is 11.8 Å². The zero-order valence-corrected chi connectivity index (χ0v) is 20.2. The van der Waals surface area contributed by atoms with Gasteiger partial charge in [-0.3, -0.25) is 18.7 Å². The van der Waals surface area contributed by atoms with E-state index >= 15 is 0 Å². The first-order valence-corrected chi connectivity index (χ1v) is 12.1. The number of allylic oxidation sites excluding steroid dienone is 1. The Morgan fingerprint density at radius 2 is 1.94 bits per heavy atom. The van der Waals surface area contributed by atoms with E-state index in [0.29, 0.717) is 10.5 Å². The van der Waals surface area contributed by atoms with Gasteiger partial charge in [0.1, 0.15) is 23.7 Å². The van der Waals surface area contributed by atoms with Crippen LogP contribution in [-0.4, -0.2) is 48.7 Å². The Morgan fingerprint density at radius 3 is 2.52 bits per heavy atom. The lowest BCUT2D eigenvalue weighted by atomic mass is 10.0. The summed E-state index contributed by atoms with van der Waals surface area (Å²) in [5.74, 6) is -1.91. The Kier molecular flexibility index (Phi) is 7.43. The summed E-state index contributed by atoms with van der Waals surface area (Å²) in [7, 11) is -1.71. The van der Waals surface area contributed by atoms with E-state index < -0.39 is 50.4 Å². The molecule has 1 aromatic carbocycles. The third-order valence-corrected chi connectivity index (χ3v) is 7.56. The van der Waals surface area contributed by atoms with Crippen LogP contribution in [-0.2, 0) is 29.9 Å². The fraction of sp³-hybridized carbons (Fsp3) is 0.316. The fourth-order valence-electron chi connectivity index (χ4n) is 3.07. The molecular weight excluding hydrogens is 507 g/mol.